The molecule has 0 atom stereocenters. The van der Waals surface area contributed by atoms with Crippen LogP contribution in [0.1, 0.15) is 15.9 Å². The van der Waals surface area contributed by atoms with Crippen molar-refractivity contribution >= 4 is 17.3 Å². The minimum absolute atomic E-state index is 0.0444. The predicted molar refractivity (Wildman–Crippen MR) is 69.9 cm³/mol. The van der Waals surface area contributed by atoms with Crippen LogP contribution in [-0.2, 0) is 0 Å². The molecule has 104 valence electrons. The molecule has 0 aliphatic carbocycles. The van der Waals surface area contributed by atoms with E-state index in [0.717, 1.165) is 18.2 Å². The van der Waals surface area contributed by atoms with Gasteiger partial charge in [-0.05, 0) is 36.8 Å². The lowest BCUT2D eigenvalue weighted by Crippen LogP contribution is -2.14. The number of aryl methyl sites for hydroxylation is 1. The lowest BCUT2D eigenvalue weighted by molar-refractivity contribution is 0.102. The molecule has 0 bridgehead atoms. The van der Waals surface area contributed by atoms with Gasteiger partial charge in [0.1, 0.15) is 17.5 Å². The van der Waals surface area contributed by atoms with Crippen LogP contribution < -0.4 is 11.1 Å². The van der Waals surface area contributed by atoms with Crippen molar-refractivity contribution in [2.75, 3.05) is 11.1 Å². The monoisotopic (exact) mass is 280 g/mol. The van der Waals surface area contributed by atoms with Crippen molar-refractivity contribution in [3.8, 4) is 0 Å². The van der Waals surface area contributed by atoms with Crippen molar-refractivity contribution in [3.63, 3.8) is 0 Å². The fourth-order valence-electron chi connectivity index (χ4n) is 1.60. The van der Waals surface area contributed by atoms with Gasteiger partial charge in [-0.25, -0.2) is 13.2 Å². The second-order valence-electron chi connectivity index (χ2n) is 4.27. The van der Waals surface area contributed by atoms with Gasteiger partial charge in [0.15, 0.2) is 0 Å². The zero-order valence-corrected chi connectivity index (χ0v) is 10.5. The Morgan fingerprint density at radius 3 is 2.40 bits per heavy atom. The largest absolute Gasteiger partial charge is 0.396 e. The summed E-state index contributed by atoms with van der Waals surface area (Å²) in [5.41, 5.74) is 4.95. The van der Waals surface area contributed by atoms with Crippen LogP contribution in [0.15, 0.2) is 30.3 Å². The van der Waals surface area contributed by atoms with Gasteiger partial charge in [-0.2, -0.15) is 0 Å². The lowest BCUT2D eigenvalue weighted by Gasteiger charge is -2.08. The third-order valence-electron chi connectivity index (χ3n) is 2.76. The number of hydrogen-bond acceptors (Lipinski definition) is 2. The van der Waals surface area contributed by atoms with Gasteiger partial charge < -0.3 is 11.1 Å². The van der Waals surface area contributed by atoms with Crippen LogP contribution in [0.3, 0.4) is 0 Å². The highest BCUT2D eigenvalue weighted by molar-refractivity contribution is 6.04. The van der Waals surface area contributed by atoms with E-state index >= 15 is 0 Å². The maximum atomic E-state index is 13.6. The van der Waals surface area contributed by atoms with E-state index in [1.54, 1.807) is 0 Å². The normalized spacial score (nSPS) is 10.4. The maximum Gasteiger partial charge on any atom is 0.255 e. The standard InChI is InChI=1S/C14H11F3N2O/c1-7-4-11(17)13(6-9(7)15)19-14(20)8-2-3-12(18)10(16)5-8/h2-6H,18H2,1H3,(H,19,20). The zero-order chi connectivity index (χ0) is 14.9. The number of benzene rings is 2. The van der Waals surface area contributed by atoms with E-state index in [1.165, 1.54) is 19.1 Å². The quantitative estimate of drug-likeness (QED) is 0.830. The van der Waals surface area contributed by atoms with Gasteiger partial charge in [0.05, 0.1) is 11.4 Å². The van der Waals surface area contributed by atoms with E-state index in [1.807, 2.05) is 0 Å². The molecule has 0 aliphatic rings. The van der Waals surface area contributed by atoms with Crippen molar-refractivity contribution in [1.82, 2.24) is 0 Å². The van der Waals surface area contributed by atoms with Gasteiger partial charge in [-0.15, -0.1) is 0 Å². The van der Waals surface area contributed by atoms with Crippen molar-refractivity contribution in [1.29, 1.82) is 0 Å². The van der Waals surface area contributed by atoms with Crippen LogP contribution in [0.4, 0.5) is 24.5 Å². The first-order valence-electron chi connectivity index (χ1n) is 5.70. The predicted octanol–water partition coefficient (Wildman–Crippen LogP) is 3.25. The average Bonchev–Trinajstić information content (AvgIpc) is 2.39. The Balaban J connectivity index is 2.27. The number of hydrogen-bond donors (Lipinski definition) is 2. The summed E-state index contributed by atoms with van der Waals surface area (Å²) in [6, 6.07) is 5.27. The summed E-state index contributed by atoms with van der Waals surface area (Å²) >= 11 is 0. The molecule has 0 fully saturated rings. The van der Waals surface area contributed by atoms with E-state index < -0.39 is 23.4 Å². The highest BCUT2D eigenvalue weighted by atomic mass is 19.1. The van der Waals surface area contributed by atoms with Gasteiger partial charge >= 0.3 is 0 Å². The summed E-state index contributed by atoms with van der Waals surface area (Å²) in [6.45, 7) is 1.40. The van der Waals surface area contributed by atoms with E-state index in [9.17, 15) is 18.0 Å². The molecule has 2 aromatic rings. The molecular weight excluding hydrogens is 269 g/mol. The van der Waals surface area contributed by atoms with Crippen LogP contribution in [0.5, 0.6) is 0 Å². The second kappa shape index (κ2) is 5.24. The molecule has 0 aromatic heterocycles. The highest BCUT2D eigenvalue weighted by Crippen LogP contribution is 2.20. The summed E-state index contributed by atoms with van der Waals surface area (Å²) in [4.78, 5) is 11.8. The number of anilines is 2. The first kappa shape index (κ1) is 13.9. The fourth-order valence-corrected chi connectivity index (χ4v) is 1.60. The van der Waals surface area contributed by atoms with Gasteiger partial charge in [-0.3, -0.25) is 4.79 Å². The van der Waals surface area contributed by atoms with Crippen molar-refractivity contribution in [2.24, 2.45) is 0 Å². The molecule has 0 heterocycles. The lowest BCUT2D eigenvalue weighted by atomic mass is 10.1. The van der Waals surface area contributed by atoms with E-state index in [2.05, 4.69) is 5.32 Å². The average molecular weight is 280 g/mol. The van der Waals surface area contributed by atoms with Crippen LogP contribution >= 0.6 is 0 Å². The number of nitrogens with one attached hydrogen (secondary N) is 1. The summed E-state index contributed by atoms with van der Waals surface area (Å²) < 4.78 is 40.1. The van der Waals surface area contributed by atoms with E-state index in [-0.39, 0.29) is 22.5 Å². The van der Waals surface area contributed by atoms with Crippen LogP contribution in [0.2, 0.25) is 0 Å². The third kappa shape index (κ3) is 2.74. The Kier molecular flexibility index (Phi) is 3.65. The molecular formula is C14H11F3N2O. The van der Waals surface area contributed by atoms with Gasteiger partial charge in [0.2, 0.25) is 0 Å². The topological polar surface area (TPSA) is 55.1 Å². The molecule has 0 radical (unpaired) electrons. The van der Waals surface area contributed by atoms with Gasteiger partial charge in [-0.1, -0.05) is 0 Å². The third-order valence-corrected chi connectivity index (χ3v) is 2.76. The molecule has 6 heteroatoms. The van der Waals surface area contributed by atoms with Crippen LogP contribution in [0.25, 0.3) is 0 Å². The molecule has 0 aliphatic heterocycles. The second-order valence-corrected chi connectivity index (χ2v) is 4.27. The summed E-state index contributed by atoms with van der Waals surface area (Å²) in [5.74, 6) is -2.93. The first-order valence-corrected chi connectivity index (χ1v) is 5.70. The Morgan fingerprint density at radius 2 is 1.75 bits per heavy atom. The molecule has 0 saturated carbocycles. The Morgan fingerprint density at radius 1 is 1.05 bits per heavy atom. The highest BCUT2D eigenvalue weighted by Gasteiger charge is 2.13. The van der Waals surface area contributed by atoms with Crippen LogP contribution in [-0.4, -0.2) is 5.91 Å². The van der Waals surface area contributed by atoms with Crippen molar-refractivity contribution < 1.29 is 18.0 Å². The molecule has 3 N–H and O–H groups in total. The number of nitrogens with two attached hydrogens (primary N) is 1. The molecule has 0 unspecified atom stereocenters. The molecule has 1 amide bonds. The molecule has 0 spiro atoms. The molecule has 20 heavy (non-hydrogen) atoms. The Hall–Kier alpha value is -2.50. The number of amides is 1. The van der Waals surface area contributed by atoms with E-state index in [4.69, 9.17) is 5.73 Å². The smallest absolute Gasteiger partial charge is 0.255 e. The summed E-state index contributed by atoms with van der Waals surface area (Å²) in [6.07, 6.45) is 0. The number of carbonyl (C=O) groups is 1. The number of carbonyl (C=O) groups excluding carboxylic acids is 1. The fraction of sp³-hybridized carbons (Fsp3) is 0.0714. The molecule has 2 rings (SSSR count). The zero-order valence-electron chi connectivity index (χ0n) is 10.5. The minimum Gasteiger partial charge on any atom is -0.396 e. The number of halogens is 3. The van der Waals surface area contributed by atoms with Crippen LogP contribution in [0, 0.1) is 24.4 Å². The van der Waals surface area contributed by atoms with Gasteiger partial charge in [0, 0.05) is 11.6 Å². The van der Waals surface area contributed by atoms with Gasteiger partial charge in [0.25, 0.3) is 5.91 Å². The maximum absolute atomic E-state index is 13.6. The van der Waals surface area contributed by atoms with Crippen molar-refractivity contribution in [3.05, 3.63) is 58.9 Å². The molecule has 3 nitrogen and oxygen atoms in total. The first-order chi connectivity index (χ1) is 9.38. The summed E-state index contributed by atoms with van der Waals surface area (Å²) in [5, 5.41) is 2.18. The van der Waals surface area contributed by atoms with E-state index in [0.29, 0.717) is 0 Å². The minimum atomic E-state index is -0.770. The molecule has 0 saturated heterocycles. The summed E-state index contributed by atoms with van der Waals surface area (Å²) in [7, 11) is 0. The van der Waals surface area contributed by atoms with Crippen molar-refractivity contribution in [2.45, 2.75) is 6.92 Å². The number of nitrogen functional groups attached to an aromatic ring is 1. The Bertz CT molecular complexity index is 686. The SMILES string of the molecule is Cc1cc(F)c(NC(=O)c2ccc(N)c(F)c2)cc1F. The number of rotatable bonds is 2. The Labute approximate surface area is 113 Å². The molecule has 2 aromatic carbocycles.